The number of carbonyl (C=O) groups excluding carboxylic acids is 2. The molecule has 1 heterocycles. The molecule has 1 fully saturated rings. The molecule has 1 saturated heterocycles. The fourth-order valence-corrected chi connectivity index (χ4v) is 8.59. The van der Waals surface area contributed by atoms with Crippen molar-refractivity contribution in [1.82, 2.24) is 10.6 Å². The Morgan fingerprint density at radius 3 is 1.51 bits per heavy atom. The molecule has 0 aromatic carbocycles. The molecule has 4 unspecified atom stereocenters. The fourth-order valence-electron chi connectivity index (χ4n) is 8.59. The van der Waals surface area contributed by atoms with Crippen molar-refractivity contribution in [2.24, 2.45) is 11.8 Å². The topological polar surface area (TPSA) is 178 Å². The molecule has 0 bridgehead atoms. The molecule has 0 radical (unpaired) electrons. The molecule has 11 heteroatoms. The number of hydrogen-bond acceptors (Lipinski definition) is 9. The van der Waals surface area contributed by atoms with Crippen molar-refractivity contribution in [3.8, 4) is 0 Å². The van der Waals surface area contributed by atoms with E-state index in [2.05, 4.69) is 38.3 Å². The van der Waals surface area contributed by atoms with Crippen LogP contribution in [0.5, 0.6) is 0 Å². The zero-order valence-corrected chi connectivity index (χ0v) is 38.6. The fraction of sp³-hybridized carbons (Fsp3) is 0.958. The van der Waals surface area contributed by atoms with E-state index in [0.717, 1.165) is 44.9 Å². The number of hydrogen-bond donors (Lipinski definition) is 7. The Hall–Kier alpha value is -1.34. The number of unbranched alkanes of at least 4 members (excludes halogenated alkanes) is 24. The van der Waals surface area contributed by atoms with Gasteiger partial charge in [0.15, 0.2) is 6.29 Å². The van der Waals surface area contributed by atoms with Crippen molar-refractivity contribution in [2.75, 3.05) is 13.2 Å². The van der Waals surface area contributed by atoms with Crippen LogP contribution in [0.4, 0.5) is 0 Å². The van der Waals surface area contributed by atoms with E-state index in [1.807, 2.05) is 0 Å². The zero-order chi connectivity index (χ0) is 43.7. The maximum Gasteiger partial charge on any atom is 0.220 e. The summed E-state index contributed by atoms with van der Waals surface area (Å²) in [6.07, 6.45) is 26.0. The van der Waals surface area contributed by atoms with Crippen LogP contribution in [0.2, 0.25) is 0 Å². The standard InChI is InChI=1S/C48H94N2O9/c1-6-8-10-12-14-15-16-17-18-19-20-21-22-23-24-25-27-29-31-33-42(53)50-40(36-58-48-43(49-38(5)52)47(57)46(56)41(35-51)59-48)45(55)44(54)39(34-37(3)4)32-30-28-26-13-11-9-7-2/h37,39-41,43-48,51,54-57H,6-36H2,1-5H3,(H,49,52)(H,50,53)/t39?,40-,41?,43?,44+,45-,46+,47?,48+/m0/s1. The molecule has 0 aromatic rings. The third kappa shape index (κ3) is 26.7. The van der Waals surface area contributed by atoms with E-state index in [0.29, 0.717) is 18.8 Å². The molecule has 59 heavy (non-hydrogen) atoms. The summed E-state index contributed by atoms with van der Waals surface area (Å²) in [5.41, 5.74) is 0. The highest BCUT2D eigenvalue weighted by Gasteiger charge is 2.46. The Morgan fingerprint density at radius 1 is 0.644 bits per heavy atom. The Balaban J connectivity index is 2.67. The Bertz CT molecular complexity index is 1000. The average molecular weight is 843 g/mol. The van der Waals surface area contributed by atoms with Gasteiger partial charge < -0.3 is 45.6 Å². The molecule has 1 rings (SSSR count). The number of rotatable bonds is 39. The van der Waals surface area contributed by atoms with Crippen LogP contribution < -0.4 is 10.6 Å². The first kappa shape index (κ1) is 55.7. The smallest absolute Gasteiger partial charge is 0.220 e. The van der Waals surface area contributed by atoms with Crippen LogP contribution in [0.15, 0.2) is 0 Å². The highest BCUT2D eigenvalue weighted by Crippen LogP contribution is 2.27. The highest BCUT2D eigenvalue weighted by molar-refractivity contribution is 5.76. The quantitative estimate of drug-likeness (QED) is 0.0298. The van der Waals surface area contributed by atoms with Gasteiger partial charge in [0.25, 0.3) is 0 Å². The molecule has 11 nitrogen and oxygen atoms in total. The molecule has 350 valence electrons. The molecule has 2 amide bonds. The van der Waals surface area contributed by atoms with Crippen molar-refractivity contribution >= 4 is 11.8 Å². The highest BCUT2D eigenvalue weighted by atomic mass is 16.7. The lowest BCUT2D eigenvalue weighted by Gasteiger charge is -2.42. The lowest BCUT2D eigenvalue weighted by atomic mass is 9.83. The predicted octanol–water partition coefficient (Wildman–Crippen LogP) is 8.78. The van der Waals surface area contributed by atoms with Crippen LogP contribution >= 0.6 is 0 Å². The number of carbonyl (C=O) groups is 2. The minimum Gasteiger partial charge on any atom is -0.394 e. The van der Waals surface area contributed by atoms with Gasteiger partial charge in [-0.05, 0) is 31.1 Å². The molecular formula is C48H94N2O9. The van der Waals surface area contributed by atoms with Crippen molar-refractivity contribution in [2.45, 2.75) is 270 Å². The summed E-state index contributed by atoms with van der Waals surface area (Å²) in [7, 11) is 0. The first-order valence-corrected chi connectivity index (χ1v) is 24.6. The Kier molecular flexibility index (Phi) is 34.1. The van der Waals surface area contributed by atoms with Crippen LogP contribution in [0, 0.1) is 11.8 Å². The lowest BCUT2D eigenvalue weighted by molar-refractivity contribution is -0.273. The van der Waals surface area contributed by atoms with Crippen LogP contribution in [0.25, 0.3) is 0 Å². The normalized spacial score (nSPS) is 21.6. The minimum absolute atomic E-state index is 0.187. The second-order valence-corrected chi connectivity index (χ2v) is 18.3. The zero-order valence-electron chi connectivity index (χ0n) is 38.6. The summed E-state index contributed by atoms with van der Waals surface area (Å²) in [4.78, 5) is 25.3. The number of nitrogens with one attached hydrogen (secondary N) is 2. The summed E-state index contributed by atoms with van der Waals surface area (Å²) in [5.74, 6) is -0.630. The third-order valence-electron chi connectivity index (χ3n) is 12.2. The molecule has 7 N–H and O–H groups in total. The maximum absolute atomic E-state index is 13.3. The second kappa shape index (κ2) is 36.2. The summed E-state index contributed by atoms with van der Waals surface area (Å²) >= 11 is 0. The monoisotopic (exact) mass is 843 g/mol. The molecule has 1 aliphatic heterocycles. The summed E-state index contributed by atoms with van der Waals surface area (Å²) in [6.45, 7) is 9.04. The minimum atomic E-state index is -1.50. The van der Waals surface area contributed by atoms with Crippen LogP contribution in [-0.2, 0) is 19.1 Å². The summed E-state index contributed by atoms with van der Waals surface area (Å²) in [6, 6.07) is -2.18. The summed E-state index contributed by atoms with van der Waals surface area (Å²) < 4.78 is 11.8. The number of aliphatic hydroxyl groups is 5. The van der Waals surface area contributed by atoms with Gasteiger partial charge in [0.05, 0.1) is 25.4 Å². The maximum atomic E-state index is 13.3. The van der Waals surface area contributed by atoms with Crippen LogP contribution in [0.1, 0.15) is 221 Å². The van der Waals surface area contributed by atoms with E-state index in [1.54, 1.807) is 0 Å². The Morgan fingerprint density at radius 2 is 1.08 bits per heavy atom. The van der Waals surface area contributed by atoms with Gasteiger partial charge in [0, 0.05) is 13.3 Å². The predicted molar refractivity (Wildman–Crippen MR) is 239 cm³/mol. The van der Waals surface area contributed by atoms with Crippen molar-refractivity contribution < 1.29 is 44.6 Å². The van der Waals surface area contributed by atoms with E-state index in [9.17, 15) is 35.1 Å². The summed E-state index contributed by atoms with van der Waals surface area (Å²) in [5, 5.41) is 59.8. The van der Waals surface area contributed by atoms with Gasteiger partial charge in [0.1, 0.15) is 30.5 Å². The van der Waals surface area contributed by atoms with Crippen LogP contribution in [0.3, 0.4) is 0 Å². The SMILES string of the molecule is CCCCCCCCCCCCCCCCCCCCCC(=O)N[C@@H](CO[C@@H]1OC(CO)[C@@H](O)C(O)C1NC(C)=O)[C@H](O)[C@H](O)C(CCCCCCCCC)CC(C)C. The third-order valence-corrected chi connectivity index (χ3v) is 12.2. The van der Waals surface area contributed by atoms with Crippen molar-refractivity contribution in [3.05, 3.63) is 0 Å². The van der Waals surface area contributed by atoms with Gasteiger partial charge in [-0.3, -0.25) is 9.59 Å². The second-order valence-electron chi connectivity index (χ2n) is 18.3. The molecular weight excluding hydrogens is 749 g/mol. The molecule has 9 atom stereocenters. The first-order chi connectivity index (χ1) is 28.5. The van der Waals surface area contributed by atoms with Crippen molar-refractivity contribution in [1.29, 1.82) is 0 Å². The van der Waals surface area contributed by atoms with Crippen molar-refractivity contribution in [3.63, 3.8) is 0 Å². The molecule has 1 aliphatic rings. The van der Waals surface area contributed by atoms with E-state index in [4.69, 9.17) is 9.47 Å². The van der Waals surface area contributed by atoms with Crippen LogP contribution in [-0.4, -0.2) is 99.5 Å². The molecule has 0 aromatic heterocycles. The molecule has 0 aliphatic carbocycles. The number of ether oxygens (including phenoxy) is 2. The van der Waals surface area contributed by atoms with Gasteiger partial charge >= 0.3 is 0 Å². The first-order valence-electron chi connectivity index (χ1n) is 24.6. The van der Waals surface area contributed by atoms with E-state index in [-0.39, 0.29) is 24.9 Å². The molecule has 0 saturated carbocycles. The van der Waals surface area contributed by atoms with Gasteiger partial charge in [-0.1, -0.05) is 188 Å². The van der Waals surface area contributed by atoms with E-state index in [1.165, 1.54) is 129 Å². The number of aliphatic hydroxyl groups excluding tert-OH is 5. The van der Waals surface area contributed by atoms with Gasteiger partial charge in [-0.2, -0.15) is 0 Å². The van der Waals surface area contributed by atoms with Gasteiger partial charge in [-0.25, -0.2) is 0 Å². The van der Waals surface area contributed by atoms with E-state index < -0.39 is 61.4 Å². The van der Waals surface area contributed by atoms with Gasteiger partial charge in [0.2, 0.25) is 11.8 Å². The number of amides is 2. The van der Waals surface area contributed by atoms with Gasteiger partial charge in [-0.15, -0.1) is 0 Å². The lowest BCUT2D eigenvalue weighted by Crippen LogP contribution is -2.65. The largest absolute Gasteiger partial charge is 0.394 e. The Labute approximate surface area is 361 Å². The molecule has 0 spiro atoms. The van der Waals surface area contributed by atoms with E-state index >= 15 is 0 Å². The average Bonchev–Trinajstić information content (AvgIpc) is 3.20.